The fourth-order valence-corrected chi connectivity index (χ4v) is 0.637. The smallest absolute Gasteiger partial charge is 0.151 e. The molecule has 0 aromatic rings. The Balaban J connectivity index is 2.77. The van der Waals surface area contributed by atoms with Crippen molar-refractivity contribution in [3.8, 4) is 0 Å². The number of nitrogens with one attached hydrogen (secondary N) is 1. The van der Waals surface area contributed by atoms with Gasteiger partial charge in [-0.2, -0.15) is 0 Å². The van der Waals surface area contributed by atoms with Crippen LogP contribution in [0, 0.1) is 0 Å². The van der Waals surface area contributed by atoms with E-state index < -0.39 is 6.29 Å². The summed E-state index contributed by atoms with van der Waals surface area (Å²) >= 11 is 0. The zero-order valence-electron chi connectivity index (χ0n) is 6.08. The summed E-state index contributed by atoms with van der Waals surface area (Å²) in [6, 6.07) is 0. The van der Waals surface area contributed by atoms with Crippen molar-refractivity contribution >= 4 is 0 Å². The van der Waals surface area contributed by atoms with Crippen LogP contribution in [0.2, 0.25) is 0 Å². The number of rotatable bonds is 6. The molecule has 0 aliphatic rings. The van der Waals surface area contributed by atoms with E-state index in [0.29, 0.717) is 13.0 Å². The first-order valence-electron chi connectivity index (χ1n) is 3.54. The maximum absolute atomic E-state index is 8.41. The Morgan fingerprint density at radius 2 is 2.00 bits per heavy atom. The van der Waals surface area contributed by atoms with Crippen molar-refractivity contribution < 1.29 is 10.2 Å². The minimum atomic E-state index is -1.17. The molecule has 0 spiro atoms. The number of hydrogen-bond donors (Lipinski definition) is 4. The molecule has 0 heterocycles. The van der Waals surface area contributed by atoms with Gasteiger partial charge in [0.1, 0.15) is 0 Å². The molecule has 0 bridgehead atoms. The molecule has 0 aromatic heterocycles. The van der Waals surface area contributed by atoms with E-state index in [1.165, 1.54) is 0 Å². The summed E-state index contributed by atoms with van der Waals surface area (Å²) in [5, 5.41) is 19.9. The number of nitrogens with two attached hydrogens (primary N) is 1. The van der Waals surface area contributed by atoms with Gasteiger partial charge in [0.15, 0.2) is 6.29 Å². The SMILES string of the molecule is NCCNCCCC(O)O. The molecule has 0 aromatic carbocycles. The third kappa shape index (κ3) is 7.84. The topological polar surface area (TPSA) is 78.5 Å². The van der Waals surface area contributed by atoms with Gasteiger partial charge in [0, 0.05) is 13.1 Å². The Labute approximate surface area is 61.0 Å². The summed E-state index contributed by atoms with van der Waals surface area (Å²) < 4.78 is 0. The Bertz CT molecular complexity index is 68.8. The second kappa shape index (κ2) is 6.95. The average molecular weight is 148 g/mol. The molecule has 0 aliphatic carbocycles. The maximum atomic E-state index is 8.41. The molecule has 0 unspecified atom stereocenters. The van der Waals surface area contributed by atoms with Crippen LogP contribution in [0.5, 0.6) is 0 Å². The third-order valence-electron chi connectivity index (χ3n) is 1.14. The third-order valence-corrected chi connectivity index (χ3v) is 1.14. The molecular weight excluding hydrogens is 132 g/mol. The predicted molar refractivity (Wildman–Crippen MR) is 39.4 cm³/mol. The lowest BCUT2D eigenvalue weighted by atomic mass is 10.3. The Kier molecular flexibility index (Phi) is 6.84. The van der Waals surface area contributed by atoms with Crippen LogP contribution in [-0.4, -0.2) is 36.1 Å². The van der Waals surface area contributed by atoms with E-state index in [0.717, 1.165) is 19.5 Å². The minimum absolute atomic E-state index is 0.428. The highest BCUT2D eigenvalue weighted by atomic mass is 16.5. The highest BCUT2D eigenvalue weighted by Gasteiger charge is 1.94. The van der Waals surface area contributed by atoms with Crippen LogP contribution in [0.4, 0.5) is 0 Å². The van der Waals surface area contributed by atoms with Crippen molar-refractivity contribution in [1.82, 2.24) is 5.32 Å². The van der Waals surface area contributed by atoms with Gasteiger partial charge < -0.3 is 21.3 Å². The van der Waals surface area contributed by atoms with Gasteiger partial charge in [0.25, 0.3) is 0 Å². The minimum Gasteiger partial charge on any atom is -0.368 e. The van der Waals surface area contributed by atoms with Crippen LogP contribution in [0.25, 0.3) is 0 Å². The molecule has 10 heavy (non-hydrogen) atoms. The predicted octanol–water partition coefficient (Wildman–Crippen LogP) is -1.37. The van der Waals surface area contributed by atoms with Crippen LogP contribution in [0.3, 0.4) is 0 Å². The van der Waals surface area contributed by atoms with Gasteiger partial charge in [-0.15, -0.1) is 0 Å². The highest BCUT2D eigenvalue weighted by Crippen LogP contribution is 1.89. The number of hydrogen-bond acceptors (Lipinski definition) is 4. The van der Waals surface area contributed by atoms with E-state index in [2.05, 4.69) is 5.32 Å². The van der Waals surface area contributed by atoms with Crippen molar-refractivity contribution in [2.45, 2.75) is 19.1 Å². The first kappa shape index (κ1) is 9.84. The fourth-order valence-electron chi connectivity index (χ4n) is 0.637. The largest absolute Gasteiger partial charge is 0.368 e. The molecular formula is C6H16N2O2. The van der Waals surface area contributed by atoms with E-state index in [4.69, 9.17) is 15.9 Å². The zero-order chi connectivity index (χ0) is 7.82. The first-order valence-corrected chi connectivity index (χ1v) is 3.54. The van der Waals surface area contributed by atoms with Crippen molar-refractivity contribution in [3.63, 3.8) is 0 Å². The van der Waals surface area contributed by atoms with Crippen LogP contribution < -0.4 is 11.1 Å². The normalized spacial score (nSPS) is 10.8. The lowest BCUT2D eigenvalue weighted by Gasteiger charge is -2.03. The molecule has 0 fully saturated rings. The average Bonchev–Trinajstić information content (AvgIpc) is 1.87. The van der Waals surface area contributed by atoms with Crippen LogP contribution >= 0.6 is 0 Å². The van der Waals surface area contributed by atoms with E-state index in [1.54, 1.807) is 0 Å². The van der Waals surface area contributed by atoms with Crippen molar-refractivity contribution in [3.05, 3.63) is 0 Å². The molecule has 4 nitrogen and oxygen atoms in total. The molecule has 0 atom stereocenters. The molecule has 0 saturated carbocycles. The Hall–Kier alpha value is -0.160. The van der Waals surface area contributed by atoms with E-state index in [-0.39, 0.29) is 0 Å². The lowest BCUT2D eigenvalue weighted by Crippen LogP contribution is -2.24. The monoisotopic (exact) mass is 148 g/mol. The van der Waals surface area contributed by atoms with Crippen LogP contribution in [0.1, 0.15) is 12.8 Å². The molecule has 0 radical (unpaired) electrons. The second-order valence-corrected chi connectivity index (χ2v) is 2.16. The van der Waals surface area contributed by atoms with E-state index in [9.17, 15) is 0 Å². The van der Waals surface area contributed by atoms with Gasteiger partial charge in [-0.3, -0.25) is 0 Å². The molecule has 0 aliphatic heterocycles. The lowest BCUT2D eigenvalue weighted by molar-refractivity contribution is -0.0460. The summed E-state index contributed by atoms with van der Waals surface area (Å²) in [5.74, 6) is 0. The standard InChI is InChI=1S/C6H16N2O2/c7-3-5-8-4-1-2-6(9)10/h6,8-10H,1-5,7H2. The summed E-state index contributed by atoms with van der Waals surface area (Å²) in [5.41, 5.74) is 5.21. The van der Waals surface area contributed by atoms with Gasteiger partial charge in [-0.05, 0) is 19.4 Å². The van der Waals surface area contributed by atoms with Gasteiger partial charge in [0.05, 0.1) is 0 Å². The van der Waals surface area contributed by atoms with Gasteiger partial charge in [0.2, 0.25) is 0 Å². The summed E-state index contributed by atoms with van der Waals surface area (Å²) in [4.78, 5) is 0. The van der Waals surface area contributed by atoms with Gasteiger partial charge in [-0.1, -0.05) is 0 Å². The van der Waals surface area contributed by atoms with Crippen molar-refractivity contribution in [2.75, 3.05) is 19.6 Å². The van der Waals surface area contributed by atoms with Crippen LogP contribution in [-0.2, 0) is 0 Å². The van der Waals surface area contributed by atoms with E-state index in [1.807, 2.05) is 0 Å². The fraction of sp³-hybridized carbons (Fsp3) is 1.00. The summed E-state index contributed by atoms with van der Waals surface area (Å²) in [6.45, 7) is 2.22. The Morgan fingerprint density at radius 1 is 1.30 bits per heavy atom. The molecule has 4 heteroatoms. The summed E-state index contributed by atoms with van der Waals surface area (Å²) in [6.07, 6.45) is 0.0366. The van der Waals surface area contributed by atoms with Crippen molar-refractivity contribution in [1.29, 1.82) is 0 Å². The second-order valence-electron chi connectivity index (χ2n) is 2.16. The van der Waals surface area contributed by atoms with Gasteiger partial charge in [-0.25, -0.2) is 0 Å². The number of aliphatic hydroxyl groups is 2. The zero-order valence-corrected chi connectivity index (χ0v) is 6.08. The Morgan fingerprint density at radius 3 is 2.50 bits per heavy atom. The number of aliphatic hydroxyl groups excluding tert-OH is 1. The van der Waals surface area contributed by atoms with Crippen molar-refractivity contribution in [2.24, 2.45) is 5.73 Å². The molecule has 5 N–H and O–H groups in total. The molecule has 0 amide bonds. The quantitative estimate of drug-likeness (QED) is 0.277. The van der Waals surface area contributed by atoms with E-state index >= 15 is 0 Å². The first-order chi connectivity index (χ1) is 4.77. The van der Waals surface area contributed by atoms with Gasteiger partial charge >= 0.3 is 0 Å². The van der Waals surface area contributed by atoms with Crippen LogP contribution in [0.15, 0.2) is 0 Å². The molecule has 0 saturated heterocycles. The maximum Gasteiger partial charge on any atom is 0.151 e. The molecule has 0 rings (SSSR count). The summed E-state index contributed by atoms with van der Waals surface area (Å²) in [7, 11) is 0. The highest BCUT2D eigenvalue weighted by molar-refractivity contribution is 4.48. The molecule has 62 valence electrons.